The van der Waals surface area contributed by atoms with E-state index in [9.17, 15) is 14.7 Å². The van der Waals surface area contributed by atoms with Crippen LogP contribution in [0.15, 0.2) is 47.3 Å². The molecular weight excluding hydrogens is 296 g/mol. The summed E-state index contributed by atoms with van der Waals surface area (Å²) in [5.74, 6) is -1.72. The maximum Gasteiger partial charge on any atom is 0.313 e. The standard InChI is InChI=1S/C14H13ClN2O4/c15-10-3-1-2-4-11(10)17-14(20)13(19)16-7-12(18)9-5-6-21-8-9/h1-6,8,12,18H,7H2,(H,16,19)(H,17,20). The molecule has 0 saturated carbocycles. The van der Waals surface area contributed by atoms with E-state index in [1.807, 2.05) is 0 Å². The first-order valence-corrected chi connectivity index (χ1v) is 6.49. The third-order valence-corrected chi connectivity index (χ3v) is 3.04. The molecule has 7 heteroatoms. The number of halogens is 1. The van der Waals surface area contributed by atoms with Gasteiger partial charge in [-0.3, -0.25) is 9.59 Å². The number of anilines is 1. The number of benzene rings is 1. The first-order valence-electron chi connectivity index (χ1n) is 6.12. The second kappa shape index (κ2) is 6.92. The monoisotopic (exact) mass is 308 g/mol. The van der Waals surface area contributed by atoms with Gasteiger partial charge in [0.25, 0.3) is 0 Å². The Bertz CT molecular complexity index is 628. The van der Waals surface area contributed by atoms with Gasteiger partial charge in [-0.2, -0.15) is 0 Å². The molecular formula is C14H13ClN2O4. The minimum Gasteiger partial charge on any atom is -0.472 e. The smallest absolute Gasteiger partial charge is 0.313 e. The molecule has 0 spiro atoms. The highest BCUT2D eigenvalue weighted by atomic mass is 35.5. The lowest BCUT2D eigenvalue weighted by molar-refractivity contribution is -0.136. The van der Waals surface area contributed by atoms with Crippen LogP contribution in [0.2, 0.25) is 5.02 Å². The molecule has 110 valence electrons. The van der Waals surface area contributed by atoms with Gasteiger partial charge in [0.2, 0.25) is 0 Å². The average Bonchev–Trinajstić information content (AvgIpc) is 3.01. The minimum atomic E-state index is -0.944. The van der Waals surface area contributed by atoms with Crippen LogP contribution in [0.3, 0.4) is 0 Å². The van der Waals surface area contributed by atoms with Gasteiger partial charge in [0.15, 0.2) is 0 Å². The van der Waals surface area contributed by atoms with Gasteiger partial charge in [0.05, 0.1) is 29.3 Å². The van der Waals surface area contributed by atoms with E-state index < -0.39 is 17.9 Å². The van der Waals surface area contributed by atoms with Crippen LogP contribution in [0.25, 0.3) is 0 Å². The van der Waals surface area contributed by atoms with Gasteiger partial charge in [-0.15, -0.1) is 0 Å². The van der Waals surface area contributed by atoms with Gasteiger partial charge in [-0.05, 0) is 18.2 Å². The van der Waals surface area contributed by atoms with Gasteiger partial charge >= 0.3 is 11.8 Å². The number of furan rings is 1. The van der Waals surface area contributed by atoms with Crippen LogP contribution in [0.1, 0.15) is 11.7 Å². The van der Waals surface area contributed by atoms with Crippen molar-refractivity contribution in [2.45, 2.75) is 6.10 Å². The molecule has 1 unspecified atom stereocenters. The molecule has 0 aliphatic heterocycles. The SMILES string of the molecule is O=C(NCC(O)c1ccoc1)C(=O)Nc1ccccc1Cl. The molecule has 0 aliphatic carbocycles. The molecule has 0 fully saturated rings. The Morgan fingerprint density at radius 2 is 2.00 bits per heavy atom. The maximum atomic E-state index is 11.7. The molecule has 3 N–H and O–H groups in total. The molecule has 21 heavy (non-hydrogen) atoms. The fraction of sp³-hybridized carbons (Fsp3) is 0.143. The number of amides is 2. The summed E-state index contributed by atoms with van der Waals surface area (Å²) in [6.45, 7) is -0.103. The van der Waals surface area contributed by atoms with Crippen molar-refractivity contribution in [2.24, 2.45) is 0 Å². The molecule has 2 amide bonds. The molecule has 0 aliphatic rings. The van der Waals surface area contributed by atoms with Crippen LogP contribution >= 0.6 is 11.6 Å². The second-order valence-electron chi connectivity index (χ2n) is 4.22. The number of carbonyl (C=O) groups is 2. The third kappa shape index (κ3) is 4.08. The van der Waals surface area contributed by atoms with Gasteiger partial charge in [-0.25, -0.2) is 0 Å². The number of hydrogen-bond acceptors (Lipinski definition) is 4. The zero-order chi connectivity index (χ0) is 15.2. The molecule has 6 nitrogen and oxygen atoms in total. The Morgan fingerprint density at radius 1 is 1.24 bits per heavy atom. The van der Waals surface area contributed by atoms with Crippen LogP contribution in [0.4, 0.5) is 5.69 Å². The van der Waals surface area contributed by atoms with E-state index in [0.29, 0.717) is 16.3 Å². The van der Waals surface area contributed by atoms with E-state index in [-0.39, 0.29) is 6.54 Å². The van der Waals surface area contributed by atoms with Crippen molar-refractivity contribution in [3.05, 3.63) is 53.4 Å². The summed E-state index contributed by atoms with van der Waals surface area (Å²) in [5, 5.41) is 14.8. The highest BCUT2D eigenvalue weighted by molar-refractivity contribution is 6.41. The lowest BCUT2D eigenvalue weighted by Crippen LogP contribution is -2.37. The van der Waals surface area contributed by atoms with Crippen molar-refractivity contribution < 1.29 is 19.1 Å². The van der Waals surface area contributed by atoms with Crippen LogP contribution in [0.5, 0.6) is 0 Å². The van der Waals surface area contributed by atoms with Crippen molar-refractivity contribution in [3.63, 3.8) is 0 Å². The summed E-state index contributed by atoms with van der Waals surface area (Å²) in [4.78, 5) is 23.3. The van der Waals surface area contributed by atoms with Crippen molar-refractivity contribution in [1.29, 1.82) is 0 Å². The second-order valence-corrected chi connectivity index (χ2v) is 4.62. The fourth-order valence-electron chi connectivity index (χ4n) is 1.59. The Kier molecular flexibility index (Phi) is 4.97. The van der Waals surface area contributed by atoms with Crippen LogP contribution < -0.4 is 10.6 Å². The van der Waals surface area contributed by atoms with Gasteiger partial charge < -0.3 is 20.2 Å². The highest BCUT2D eigenvalue weighted by Crippen LogP contribution is 2.20. The number of carbonyl (C=O) groups excluding carboxylic acids is 2. The molecule has 2 aromatic rings. The minimum absolute atomic E-state index is 0.103. The third-order valence-electron chi connectivity index (χ3n) is 2.71. The quantitative estimate of drug-likeness (QED) is 0.750. The van der Waals surface area contributed by atoms with Gasteiger partial charge in [0, 0.05) is 12.1 Å². The van der Waals surface area contributed by atoms with Crippen LogP contribution in [-0.2, 0) is 9.59 Å². The molecule has 0 bridgehead atoms. The average molecular weight is 309 g/mol. The largest absolute Gasteiger partial charge is 0.472 e. The van der Waals surface area contributed by atoms with E-state index in [1.165, 1.54) is 12.5 Å². The topological polar surface area (TPSA) is 91.6 Å². The van der Waals surface area contributed by atoms with E-state index in [0.717, 1.165) is 0 Å². The molecule has 2 rings (SSSR count). The number of hydrogen-bond donors (Lipinski definition) is 3. The summed E-state index contributed by atoms with van der Waals surface area (Å²) in [6.07, 6.45) is 1.83. The Balaban J connectivity index is 1.86. The van der Waals surface area contributed by atoms with Gasteiger partial charge in [-0.1, -0.05) is 23.7 Å². The number of rotatable bonds is 4. The predicted octanol–water partition coefficient (Wildman–Crippen LogP) is 1.72. The molecule has 0 radical (unpaired) electrons. The van der Waals surface area contributed by atoms with E-state index in [2.05, 4.69) is 10.6 Å². The normalized spacial score (nSPS) is 11.7. The highest BCUT2D eigenvalue weighted by Gasteiger charge is 2.17. The lowest BCUT2D eigenvalue weighted by Gasteiger charge is -2.10. The molecule has 1 heterocycles. The zero-order valence-electron chi connectivity index (χ0n) is 10.9. The molecule has 0 saturated heterocycles. The molecule has 1 atom stereocenters. The first kappa shape index (κ1) is 15.1. The van der Waals surface area contributed by atoms with E-state index >= 15 is 0 Å². The Hall–Kier alpha value is -2.31. The maximum absolute atomic E-state index is 11.7. The summed E-state index contributed by atoms with van der Waals surface area (Å²) in [7, 11) is 0. The lowest BCUT2D eigenvalue weighted by atomic mass is 10.2. The first-order chi connectivity index (χ1) is 10.1. The number of aliphatic hydroxyl groups is 1. The van der Waals surface area contributed by atoms with Crippen LogP contribution in [-0.4, -0.2) is 23.5 Å². The van der Waals surface area contributed by atoms with Crippen molar-refractivity contribution in [1.82, 2.24) is 5.32 Å². The molecule has 1 aromatic carbocycles. The van der Waals surface area contributed by atoms with Crippen molar-refractivity contribution in [3.8, 4) is 0 Å². The number of para-hydroxylation sites is 1. The van der Waals surface area contributed by atoms with Crippen LogP contribution in [0, 0.1) is 0 Å². The van der Waals surface area contributed by atoms with Crippen molar-refractivity contribution >= 4 is 29.1 Å². The van der Waals surface area contributed by atoms with Gasteiger partial charge in [0.1, 0.15) is 0 Å². The zero-order valence-corrected chi connectivity index (χ0v) is 11.6. The van der Waals surface area contributed by atoms with E-state index in [4.69, 9.17) is 16.0 Å². The summed E-state index contributed by atoms with van der Waals surface area (Å²) < 4.78 is 4.82. The fourth-order valence-corrected chi connectivity index (χ4v) is 1.78. The Labute approximate surface area is 125 Å². The summed E-state index contributed by atoms with van der Waals surface area (Å²) >= 11 is 5.87. The Morgan fingerprint density at radius 3 is 2.67 bits per heavy atom. The predicted molar refractivity (Wildman–Crippen MR) is 76.8 cm³/mol. The summed E-state index contributed by atoms with van der Waals surface area (Å²) in [5.41, 5.74) is 0.858. The number of aliphatic hydroxyl groups excluding tert-OH is 1. The summed E-state index contributed by atoms with van der Waals surface area (Å²) in [6, 6.07) is 8.13. The molecule has 1 aromatic heterocycles. The number of nitrogens with one attached hydrogen (secondary N) is 2. The van der Waals surface area contributed by atoms with E-state index in [1.54, 1.807) is 30.3 Å². The van der Waals surface area contributed by atoms with Crippen molar-refractivity contribution in [2.75, 3.05) is 11.9 Å².